The highest BCUT2D eigenvalue weighted by atomic mass is 32.2. The fourth-order valence-electron chi connectivity index (χ4n) is 2.11. The lowest BCUT2D eigenvalue weighted by molar-refractivity contribution is 0.286. The average molecular weight is 263 g/mol. The van der Waals surface area contributed by atoms with Gasteiger partial charge in [0.1, 0.15) is 0 Å². The molecule has 0 aliphatic carbocycles. The van der Waals surface area contributed by atoms with E-state index in [4.69, 9.17) is 5.73 Å². The normalized spacial score (nSPS) is 20.0. The third-order valence-electron chi connectivity index (χ3n) is 3.10. The Morgan fingerprint density at radius 1 is 1.18 bits per heavy atom. The Morgan fingerprint density at radius 3 is 2.06 bits per heavy atom. The van der Waals surface area contributed by atoms with Crippen LogP contribution in [-0.2, 0) is 10.2 Å². The SMILES string of the molecule is CCCN(CCC)S(=O)(=O)N1CCC(N)CC1. The van der Waals surface area contributed by atoms with Crippen molar-refractivity contribution in [3.63, 3.8) is 0 Å². The summed E-state index contributed by atoms with van der Waals surface area (Å²) in [5.41, 5.74) is 5.80. The Labute approximate surface area is 105 Å². The molecule has 0 aromatic rings. The van der Waals surface area contributed by atoms with E-state index in [9.17, 15) is 8.42 Å². The third kappa shape index (κ3) is 3.91. The Balaban J connectivity index is 2.70. The van der Waals surface area contributed by atoms with Gasteiger partial charge in [-0.05, 0) is 25.7 Å². The molecule has 1 fully saturated rings. The number of nitrogens with zero attached hydrogens (tertiary/aromatic N) is 2. The summed E-state index contributed by atoms with van der Waals surface area (Å²) in [4.78, 5) is 0. The molecule has 1 aliphatic heterocycles. The molecule has 5 nitrogen and oxygen atoms in total. The topological polar surface area (TPSA) is 66.6 Å². The van der Waals surface area contributed by atoms with Crippen LogP contribution in [0.25, 0.3) is 0 Å². The predicted octanol–water partition coefficient (Wildman–Crippen LogP) is 0.776. The summed E-state index contributed by atoms with van der Waals surface area (Å²) in [5.74, 6) is 0. The molecule has 0 aromatic carbocycles. The highest BCUT2D eigenvalue weighted by Crippen LogP contribution is 2.16. The minimum atomic E-state index is -3.26. The summed E-state index contributed by atoms with van der Waals surface area (Å²) in [7, 11) is -3.26. The third-order valence-corrected chi connectivity index (χ3v) is 5.13. The van der Waals surface area contributed by atoms with Crippen LogP contribution in [0.5, 0.6) is 0 Å². The van der Waals surface area contributed by atoms with Crippen molar-refractivity contribution in [2.24, 2.45) is 5.73 Å². The average Bonchev–Trinajstić information content (AvgIpc) is 2.29. The van der Waals surface area contributed by atoms with E-state index in [2.05, 4.69) is 0 Å². The highest BCUT2D eigenvalue weighted by molar-refractivity contribution is 7.86. The molecule has 1 rings (SSSR count). The molecule has 0 amide bonds. The molecule has 1 aliphatic rings. The van der Waals surface area contributed by atoms with Crippen LogP contribution in [0.15, 0.2) is 0 Å². The first-order valence-corrected chi connectivity index (χ1v) is 7.92. The van der Waals surface area contributed by atoms with Gasteiger partial charge in [-0.1, -0.05) is 13.8 Å². The molecule has 2 N–H and O–H groups in total. The zero-order valence-corrected chi connectivity index (χ0v) is 11.7. The summed E-state index contributed by atoms with van der Waals surface area (Å²) in [6.07, 6.45) is 3.25. The summed E-state index contributed by atoms with van der Waals surface area (Å²) < 4.78 is 28.0. The van der Waals surface area contributed by atoms with Gasteiger partial charge in [0.2, 0.25) is 0 Å². The van der Waals surface area contributed by atoms with Crippen LogP contribution in [0.3, 0.4) is 0 Å². The smallest absolute Gasteiger partial charge is 0.281 e. The molecule has 0 saturated carbocycles. The monoisotopic (exact) mass is 263 g/mol. The van der Waals surface area contributed by atoms with Crippen molar-refractivity contribution < 1.29 is 8.42 Å². The van der Waals surface area contributed by atoms with Crippen molar-refractivity contribution in [2.45, 2.75) is 45.6 Å². The molecule has 1 saturated heterocycles. The second kappa shape index (κ2) is 6.68. The molecular formula is C11H25N3O2S. The van der Waals surface area contributed by atoms with Crippen LogP contribution in [0, 0.1) is 0 Å². The van der Waals surface area contributed by atoms with E-state index in [1.54, 1.807) is 8.61 Å². The number of nitrogens with two attached hydrogens (primary N) is 1. The van der Waals surface area contributed by atoms with E-state index >= 15 is 0 Å². The van der Waals surface area contributed by atoms with Gasteiger partial charge < -0.3 is 5.73 Å². The maximum atomic E-state index is 12.4. The van der Waals surface area contributed by atoms with E-state index in [0.29, 0.717) is 26.2 Å². The first-order valence-electron chi connectivity index (χ1n) is 6.53. The van der Waals surface area contributed by atoms with Crippen LogP contribution < -0.4 is 5.73 Å². The second-order valence-corrected chi connectivity index (χ2v) is 6.57. The minimum absolute atomic E-state index is 0.159. The van der Waals surface area contributed by atoms with E-state index in [-0.39, 0.29) is 6.04 Å². The van der Waals surface area contributed by atoms with Gasteiger partial charge in [-0.2, -0.15) is 17.0 Å². The summed E-state index contributed by atoms with van der Waals surface area (Å²) in [5, 5.41) is 0. The van der Waals surface area contributed by atoms with Crippen LogP contribution >= 0.6 is 0 Å². The van der Waals surface area contributed by atoms with E-state index < -0.39 is 10.2 Å². The Hall–Kier alpha value is -0.170. The number of hydrogen-bond donors (Lipinski definition) is 1. The maximum Gasteiger partial charge on any atom is 0.281 e. The van der Waals surface area contributed by atoms with Gasteiger partial charge in [-0.3, -0.25) is 0 Å². The molecule has 102 valence electrons. The Kier molecular flexibility index (Phi) is 5.85. The van der Waals surface area contributed by atoms with Crippen molar-refractivity contribution in [2.75, 3.05) is 26.2 Å². The molecule has 0 radical (unpaired) electrons. The van der Waals surface area contributed by atoms with Gasteiger partial charge in [0, 0.05) is 32.2 Å². The molecule has 6 heteroatoms. The van der Waals surface area contributed by atoms with Crippen LogP contribution in [0.4, 0.5) is 0 Å². The van der Waals surface area contributed by atoms with Crippen molar-refractivity contribution in [3.05, 3.63) is 0 Å². The van der Waals surface area contributed by atoms with Gasteiger partial charge in [-0.25, -0.2) is 0 Å². The Morgan fingerprint density at radius 2 is 1.65 bits per heavy atom. The number of hydrogen-bond acceptors (Lipinski definition) is 3. The first-order chi connectivity index (χ1) is 8.02. The maximum absolute atomic E-state index is 12.4. The van der Waals surface area contributed by atoms with Crippen LogP contribution in [0.2, 0.25) is 0 Å². The lowest BCUT2D eigenvalue weighted by Crippen LogP contribution is -2.49. The minimum Gasteiger partial charge on any atom is -0.328 e. The van der Waals surface area contributed by atoms with Crippen molar-refractivity contribution in [3.8, 4) is 0 Å². The van der Waals surface area contributed by atoms with Crippen LogP contribution in [-0.4, -0.2) is 49.2 Å². The quantitative estimate of drug-likeness (QED) is 0.770. The molecular weight excluding hydrogens is 238 g/mol. The lowest BCUT2D eigenvalue weighted by atomic mass is 10.1. The molecule has 17 heavy (non-hydrogen) atoms. The summed E-state index contributed by atoms with van der Waals surface area (Å²) >= 11 is 0. The van der Waals surface area contributed by atoms with Crippen molar-refractivity contribution in [1.82, 2.24) is 8.61 Å². The van der Waals surface area contributed by atoms with Crippen molar-refractivity contribution >= 4 is 10.2 Å². The predicted molar refractivity (Wildman–Crippen MR) is 69.9 cm³/mol. The molecule has 0 bridgehead atoms. The lowest BCUT2D eigenvalue weighted by Gasteiger charge is -2.33. The fourth-order valence-corrected chi connectivity index (χ4v) is 3.94. The van der Waals surface area contributed by atoms with E-state index in [1.165, 1.54) is 0 Å². The number of piperidine rings is 1. The molecule has 0 unspecified atom stereocenters. The van der Waals surface area contributed by atoms with Crippen LogP contribution in [0.1, 0.15) is 39.5 Å². The van der Waals surface area contributed by atoms with Gasteiger partial charge in [0.15, 0.2) is 0 Å². The van der Waals surface area contributed by atoms with Gasteiger partial charge in [0.05, 0.1) is 0 Å². The standard InChI is InChI=1S/C11H25N3O2S/c1-3-7-13(8-4-2)17(15,16)14-9-5-11(12)6-10-14/h11H,3-10,12H2,1-2H3. The molecule has 0 spiro atoms. The summed E-state index contributed by atoms with van der Waals surface area (Å²) in [6.45, 7) is 6.35. The number of rotatable bonds is 6. The summed E-state index contributed by atoms with van der Waals surface area (Å²) in [6, 6.07) is 0.159. The zero-order chi connectivity index (χ0) is 12.9. The van der Waals surface area contributed by atoms with Gasteiger partial charge in [-0.15, -0.1) is 0 Å². The fraction of sp³-hybridized carbons (Fsp3) is 1.00. The van der Waals surface area contributed by atoms with Gasteiger partial charge >= 0.3 is 0 Å². The molecule has 0 aromatic heterocycles. The molecule has 1 heterocycles. The highest BCUT2D eigenvalue weighted by Gasteiger charge is 2.31. The zero-order valence-electron chi connectivity index (χ0n) is 10.9. The first kappa shape index (κ1) is 14.9. The molecule has 0 atom stereocenters. The largest absolute Gasteiger partial charge is 0.328 e. The van der Waals surface area contributed by atoms with Crippen molar-refractivity contribution in [1.29, 1.82) is 0 Å². The Bertz CT molecular complexity index is 305. The second-order valence-electron chi connectivity index (χ2n) is 4.64. The van der Waals surface area contributed by atoms with E-state index in [1.807, 2.05) is 13.8 Å². The van der Waals surface area contributed by atoms with E-state index in [0.717, 1.165) is 25.7 Å². The van der Waals surface area contributed by atoms with Gasteiger partial charge in [0.25, 0.3) is 10.2 Å².